The number of nitro benzene ring substituents is 1. The summed E-state index contributed by atoms with van der Waals surface area (Å²) in [5, 5.41) is 13.3. The number of aryl methyl sites for hydroxylation is 1. The number of para-hydroxylation sites is 2. The zero-order valence-corrected chi connectivity index (χ0v) is 14.0. The minimum absolute atomic E-state index is 0.0209. The Kier molecular flexibility index (Phi) is 5.43. The number of ether oxygens (including phenoxy) is 1. The molecule has 8 heteroatoms. The number of non-ortho nitro benzene ring substituents is 1. The minimum atomic E-state index is -0.488. The Morgan fingerprint density at radius 1 is 1.19 bits per heavy atom. The molecule has 8 nitrogen and oxygen atoms in total. The maximum absolute atomic E-state index is 11.8. The number of amides is 1. The van der Waals surface area contributed by atoms with Gasteiger partial charge < -0.3 is 15.0 Å². The molecule has 0 aliphatic carbocycles. The molecule has 1 amide bonds. The standard InChI is InChI=1S/C18H18N4O4/c23-18(12-26-14-9-7-13(8-10-14)22(24)25)19-11-3-6-17-20-15-4-1-2-5-16(15)21-17/h1-2,4-5,7-10H,3,6,11-12H2,(H,19,23)(H,20,21). The Morgan fingerprint density at radius 2 is 1.96 bits per heavy atom. The molecule has 0 unspecified atom stereocenters. The maximum atomic E-state index is 11.8. The Bertz CT molecular complexity index is 872. The van der Waals surface area contributed by atoms with Crippen molar-refractivity contribution in [2.45, 2.75) is 12.8 Å². The lowest BCUT2D eigenvalue weighted by Gasteiger charge is -2.07. The SMILES string of the molecule is O=C(COc1ccc([N+](=O)[O-])cc1)NCCCc1nc2ccccc2[nH]1. The van der Waals surface area contributed by atoms with Crippen LogP contribution in [0.2, 0.25) is 0 Å². The lowest BCUT2D eigenvalue weighted by Crippen LogP contribution is -2.29. The molecule has 3 rings (SSSR count). The summed E-state index contributed by atoms with van der Waals surface area (Å²) >= 11 is 0. The number of carbonyl (C=O) groups is 1. The molecule has 134 valence electrons. The summed E-state index contributed by atoms with van der Waals surface area (Å²) in [6, 6.07) is 13.4. The lowest BCUT2D eigenvalue weighted by molar-refractivity contribution is -0.384. The number of benzene rings is 2. The van der Waals surface area contributed by atoms with Gasteiger partial charge in [0.2, 0.25) is 0 Å². The van der Waals surface area contributed by atoms with Gasteiger partial charge in [0.25, 0.3) is 11.6 Å². The summed E-state index contributed by atoms with van der Waals surface area (Å²) in [5.41, 5.74) is 1.92. The van der Waals surface area contributed by atoms with Crippen molar-refractivity contribution in [3.8, 4) is 5.75 Å². The average molecular weight is 354 g/mol. The second kappa shape index (κ2) is 8.11. The Hall–Kier alpha value is -3.42. The number of aromatic nitrogens is 2. The third-order valence-electron chi connectivity index (χ3n) is 3.77. The van der Waals surface area contributed by atoms with E-state index in [0.717, 1.165) is 29.7 Å². The molecule has 0 spiro atoms. The van der Waals surface area contributed by atoms with Crippen LogP contribution >= 0.6 is 0 Å². The highest BCUT2D eigenvalue weighted by atomic mass is 16.6. The van der Waals surface area contributed by atoms with Crippen LogP contribution in [0.15, 0.2) is 48.5 Å². The van der Waals surface area contributed by atoms with Crippen LogP contribution in [0.1, 0.15) is 12.2 Å². The van der Waals surface area contributed by atoms with Crippen LogP contribution in [-0.4, -0.2) is 34.0 Å². The van der Waals surface area contributed by atoms with E-state index in [9.17, 15) is 14.9 Å². The predicted molar refractivity (Wildman–Crippen MR) is 96.0 cm³/mol. The Morgan fingerprint density at radius 3 is 2.69 bits per heavy atom. The molecule has 26 heavy (non-hydrogen) atoms. The number of nitro groups is 1. The van der Waals surface area contributed by atoms with Gasteiger partial charge in [0.1, 0.15) is 11.6 Å². The summed E-state index contributed by atoms with van der Waals surface area (Å²) in [7, 11) is 0. The van der Waals surface area contributed by atoms with Gasteiger partial charge in [0.15, 0.2) is 6.61 Å². The fourth-order valence-corrected chi connectivity index (χ4v) is 2.47. The van der Waals surface area contributed by atoms with Gasteiger partial charge >= 0.3 is 0 Å². The first-order valence-corrected chi connectivity index (χ1v) is 8.19. The average Bonchev–Trinajstić information content (AvgIpc) is 3.06. The van der Waals surface area contributed by atoms with Crippen molar-refractivity contribution >= 4 is 22.6 Å². The molecule has 0 atom stereocenters. The van der Waals surface area contributed by atoms with E-state index in [4.69, 9.17) is 4.74 Å². The van der Waals surface area contributed by atoms with Gasteiger partial charge in [0.05, 0.1) is 16.0 Å². The highest BCUT2D eigenvalue weighted by Gasteiger charge is 2.07. The van der Waals surface area contributed by atoms with Crippen LogP contribution < -0.4 is 10.1 Å². The van der Waals surface area contributed by atoms with E-state index in [1.54, 1.807) is 0 Å². The molecule has 1 aromatic heterocycles. The molecule has 0 aliphatic heterocycles. The number of hydrogen-bond donors (Lipinski definition) is 2. The quantitative estimate of drug-likeness (QED) is 0.367. The van der Waals surface area contributed by atoms with Crippen molar-refractivity contribution < 1.29 is 14.5 Å². The number of hydrogen-bond acceptors (Lipinski definition) is 5. The molecule has 1 heterocycles. The van der Waals surface area contributed by atoms with Crippen LogP contribution in [0, 0.1) is 10.1 Å². The number of aromatic amines is 1. The molecule has 0 aliphatic rings. The van der Waals surface area contributed by atoms with Crippen molar-refractivity contribution in [2.24, 2.45) is 0 Å². The van der Waals surface area contributed by atoms with Crippen LogP contribution in [0.4, 0.5) is 5.69 Å². The van der Waals surface area contributed by atoms with Crippen LogP contribution in [0.25, 0.3) is 11.0 Å². The van der Waals surface area contributed by atoms with Gasteiger partial charge in [-0.2, -0.15) is 0 Å². The van der Waals surface area contributed by atoms with Crippen LogP contribution in [0.3, 0.4) is 0 Å². The number of carbonyl (C=O) groups excluding carboxylic acids is 1. The first-order chi connectivity index (χ1) is 12.6. The molecular weight excluding hydrogens is 336 g/mol. The third kappa shape index (κ3) is 4.56. The van der Waals surface area contributed by atoms with Crippen molar-refractivity contribution in [3.63, 3.8) is 0 Å². The van der Waals surface area contributed by atoms with E-state index in [-0.39, 0.29) is 18.2 Å². The van der Waals surface area contributed by atoms with Crippen molar-refractivity contribution in [1.82, 2.24) is 15.3 Å². The van der Waals surface area contributed by atoms with Crippen molar-refractivity contribution in [3.05, 3.63) is 64.5 Å². The van der Waals surface area contributed by atoms with E-state index >= 15 is 0 Å². The van der Waals surface area contributed by atoms with Crippen molar-refractivity contribution in [2.75, 3.05) is 13.2 Å². The second-order valence-corrected chi connectivity index (χ2v) is 5.69. The number of nitrogens with zero attached hydrogens (tertiary/aromatic N) is 2. The summed E-state index contributed by atoms with van der Waals surface area (Å²) in [5.74, 6) is 1.06. The molecule has 0 saturated carbocycles. The zero-order chi connectivity index (χ0) is 18.4. The largest absolute Gasteiger partial charge is 0.484 e. The molecule has 0 saturated heterocycles. The predicted octanol–water partition coefficient (Wildman–Crippen LogP) is 2.60. The molecule has 3 aromatic rings. The molecule has 2 aromatic carbocycles. The van der Waals surface area contributed by atoms with Gasteiger partial charge in [-0.05, 0) is 30.7 Å². The van der Waals surface area contributed by atoms with Gasteiger partial charge in [-0.25, -0.2) is 4.98 Å². The maximum Gasteiger partial charge on any atom is 0.269 e. The topological polar surface area (TPSA) is 110 Å². The summed E-state index contributed by atoms with van der Waals surface area (Å²) in [6.07, 6.45) is 1.49. The molecule has 0 bridgehead atoms. The normalized spacial score (nSPS) is 10.6. The zero-order valence-electron chi connectivity index (χ0n) is 14.0. The lowest BCUT2D eigenvalue weighted by atomic mass is 10.3. The fourth-order valence-electron chi connectivity index (χ4n) is 2.47. The molecule has 2 N–H and O–H groups in total. The van der Waals surface area contributed by atoms with Gasteiger partial charge in [-0.15, -0.1) is 0 Å². The van der Waals surface area contributed by atoms with Crippen LogP contribution in [0.5, 0.6) is 5.75 Å². The number of imidazole rings is 1. The van der Waals surface area contributed by atoms with E-state index in [1.807, 2.05) is 24.3 Å². The smallest absolute Gasteiger partial charge is 0.269 e. The van der Waals surface area contributed by atoms with Gasteiger partial charge in [-0.1, -0.05) is 12.1 Å². The molecular formula is C18H18N4O4. The Balaban J connectivity index is 1.36. The highest BCUT2D eigenvalue weighted by molar-refractivity contribution is 5.77. The first-order valence-electron chi connectivity index (χ1n) is 8.19. The van der Waals surface area contributed by atoms with Crippen molar-refractivity contribution in [1.29, 1.82) is 0 Å². The third-order valence-corrected chi connectivity index (χ3v) is 3.77. The first kappa shape index (κ1) is 17.4. The van der Waals surface area contributed by atoms with E-state index < -0.39 is 4.92 Å². The number of fused-ring (bicyclic) bond motifs is 1. The monoisotopic (exact) mass is 354 g/mol. The van der Waals surface area contributed by atoms with Crippen LogP contribution in [-0.2, 0) is 11.2 Å². The summed E-state index contributed by atoms with van der Waals surface area (Å²) < 4.78 is 5.30. The van der Waals surface area contributed by atoms with Gasteiger partial charge in [0, 0.05) is 25.1 Å². The minimum Gasteiger partial charge on any atom is -0.484 e. The van der Waals surface area contributed by atoms with E-state index in [1.165, 1.54) is 24.3 Å². The Labute approximate surface area is 149 Å². The number of nitrogens with one attached hydrogen (secondary N) is 2. The second-order valence-electron chi connectivity index (χ2n) is 5.69. The number of rotatable bonds is 8. The summed E-state index contributed by atoms with van der Waals surface area (Å²) in [6.45, 7) is 0.377. The van der Waals surface area contributed by atoms with Gasteiger partial charge in [-0.3, -0.25) is 14.9 Å². The molecule has 0 radical (unpaired) electrons. The van der Waals surface area contributed by atoms with E-state index in [2.05, 4.69) is 15.3 Å². The van der Waals surface area contributed by atoms with E-state index in [0.29, 0.717) is 12.3 Å². The summed E-state index contributed by atoms with van der Waals surface area (Å²) in [4.78, 5) is 29.6. The fraction of sp³-hybridized carbons (Fsp3) is 0.222. The number of H-pyrrole nitrogens is 1. The molecule has 0 fully saturated rings. The highest BCUT2D eigenvalue weighted by Crippen LogP contribution is 2.17.